The maximum absolute atomic E-state index is 11.0. The Kier molecular flexibility index (Phi) is 5.92. The molecule has 2 aromatic heterocycles. The van der Waals surface area contributed by atoms with E-state index < -0.39 is 0 Å². The maximum Gasteiger partial charge on any atom is 0.151 e. The van der Waals surface area contributed by atoms with Gasteiger partial charge < -0.3 is 15.6 Å². The fourth-order valence-electron chi connectivity index (χ4n) is 2.61. The number of halogens is 2. The smallest absolute Gasteiger partial charge is 0.151 e. The number of anilines is 2. The monoisotopic (exact) mass is 417 g/mol. The molecule has 0 spiro atoms. The average molecular weight is 419 g/mol. The normalized spacial score (nSPS) is 13.9. The van der Waals surface area contributed by atoms with Crippen molar-refractivity contribution in [1.82, 2.24) is 9.97 Å². The van der Waals surface area contributed by atoms with Gasteiger partial charge in [-0.15, -0.1) is 0 Å². The highest BCUT2D eigenvalue weighted by Gasteiger charge is 2.16. The van der Waals surface area contributed by atoms with Gasteiger partial charge in [0.05, 0.1) is 10.2 Å². The number of hydrogen-bond acceptors (Lipinski definition) is 5. The summed E-state index contributed by atoms with van der Waals surface area (Å²) in [6.07, 6.45) is 7.08. The minimum Gasteiger partial charge on any atom is -0.761 e. The molecule has 25 heavy (non-hydrogen) atoms. The summed E-state index contributed by atoms with van der Waals surface area (Å²) in [5, 5.41) is 11.4. The van der Waals surface area contributed by atoms with Gasteiger partial charge in [0.2, 0.25) is 0 Å². The molecule has 128 valence electrons. The number of piperidine rings is 1. The molecule has 1 saturated heterocycles. The van der Waals surface area contributed by atoms with Crippen LogP contribution in [0.3, 0.4) is 0 Å². The van der Waals surface area contributed by atoms with E-state index in [1.165, 1.54) is 5.57 Å². The molecule has 0 aromatic carbocycles. The summed E-state index contributed by atoms with van der Waals surface area (Å²) in [7, 11) is 0. The standard InChI is InChI=1S/C18H15BrClN4O/c19-16-14(6-10-21-17(16)20)4-1-3-13-7-11-24(12-8-13)18-15(23-25)5-2-9-22-18/h2-3,5-6,9-10,23H,7-8,11-12H2/q-1. The first-order valence-electron chi connectivity index (χ1n) is 7.76. The molecule has 3 rings (SSSR count). The fourth-order valence-corrected chi connectivity index (χ4v) is 3.10. The van der Waals surface area contributed by atoms with Crippen LogP contribution in [-0.2, 0) is 0 Å². The minimum absolute atomic E-state index is 0.408. The summed E-state index contributed by atoms with van der Waals surface area (Å²) in [5.41, 5.74) is 4.56. The Morgan fingerprint density at radius 1 is 1.24 bits per heavy atom. The summed E-state index contributed by atoms with van der Waals surface area (Å²) in [4.78, 5) is 10.4. The number of hydrogen-bond donors (Lipinski definition) is 1. The van der Waals surface area contributed by atoms with Gasteiger partial charge in [-0.1, -0.05) is 29.0 Å². The number of nitrogens with one attached hydrogen (secondary N) is 1. The zero-order valence-electron chi connectivity index (χ0n) is 13.3. The van der Waals surface area contributed by atoms with Crippen LogP contribution in [0, 0.1) is 17.0 Å². The first kappa shape index (κ1) is 17.7. The molecule has 1 fully saturated rings. The number of allylic oxidation sites excluding steroid dienone is 1. The molecule has 0 aliphatic carbocycles. The van der Waals surface area contributed by atoms with E-state index in [-0.39, 0.29) is 0 Å². The van der Waals surface area contributed by atoms with Crippen molar-refractivity contribution in [1.29, 1.82) is 0 Å². The Morgan fingerprint density at radius 2 is 2.04 bits per heavy atom. The van der Waals surface area contributed by atoms with Gasteiger partial charge in [-0.2, -0.15) is 0 Å². The minimum atomic E-state index is 0.408. The van der Waals surface area contributed by atoms with Crippen molar-refractivity contribution in [2.75, 3.05) is 23.5 Å². The van der Waals surface area contributed by atoms with Gasteiger partial charge in [-0.3, -0.25) is 0 Å². The molecular weight excluding hydrogens is 404 g/mol. The van der Waals surface area contributed by atoms with Crippen LogP contribution in [0.5, 0.6) is 0 Å². The Balaban J connectivity index is 1.66. The number of nitrogens with zero attached hydrogens (tertiary/aromatic N) is 3. The quantitative estimate of drug-likeness (QED) is 0.445. The van der Waals surface area contributed by atoms with Crippen LogP contribution in [-0.4, -0.2) is 23.1 Å². The second-order valence-electron chi connectivity index (χ2n) is 5.50. The molecule has 1 aliphatic rings. The van der Waals surface area contributed by atoms with E-state index in [1.54, 1.807) is 24.5 Å². The van der Waals surface area contributed by atoms with Crippen LogP contribution in [0.4, 0.5) is 11.5 Å². The Morgan fingerprint density at radius 3 is 2.80 bits per heavy atom. The molecule has 1 aliphatic heterocycles. The van der Waals surface area contributed by atoms with Crippen LogP contribution >= 0.6 is 27.5 Å². The number of rotatable bonds is 2. The van der Waals surface area contributed by atoms with E-state index in [1.807, 2.05) is 17.6 Å². The zero-order chi connectivity index (χ0) is 17.6. The van der Waals surface area contributed by atoms with E-state index in [0.29, 0.717) is 21.1 Å². The molecule has 2 aromatic rings. The fraction of sp³-hybridized carbons (Fsp3) is 0.222. The van der Waals surface area contributed by atoms with Crippen LogP contribution in [0.2, 0.25) is 5.15 Å². The largest absolute Gasteiger partial charge is 0.761 e. The third-order valence-electron chi connectivity index (χ3n) is 3.93. The van der Waals surface area contributed by atoms with Gasteiger partial charge in [0, 0.05) is 31.0 Å². The highest BCUT2D eigenvalue weighted by molar-refractivity contribution is 9.10. The molecule has 0 radical (unpaired) electrons. The van der Waals surface area contributed by atoms with Crippen molar-refractivity contribution in [3.8, 4) is 11.8 Å². The SMILES string of the molecule is [O-]Nc1cccnc1N1CCC(=CC#Cc2ccnc(Cl)c2Br)CC1. The average Bonchev–Trinajstić information content (AvgIpc) is 2.66. The molecule has 0 atom stereocenters. The lowest BCUT2D eigenvalue weighted by Gasteiger charge is -2.31. The predicted molar refractivity (Wildman–Crippen MR) is 105 cm³/mol. The molecule has 0 amide bonds. The van der Waals surface area contributed by atoms with E-state index in [4.69, 9.17) is 11.6 Å². The third-order valence-corrected chi connectivity index (χ3v) is 5.25. The van der Waals surface area contributed by atoms with Crippen molar-refractivity contribution in [2.45, 2.75) is 12.8 Å². The highest BCUT2D eigenvalue weighted by Crippen LogP contribution is 2.27. The second kappa shape index (κ2) is 8.34. The summed E-state index contributed by atoms with van der Waals surface area (Å²) in [5.74, 6) is 6.89. The van der Waals surface area contributed by atoms with Crippen LogP contribution < -0.4 is 10.4 Å². The molecule has 3 heterocycles. The molecular formula is C18H15BrClN4O-. The lowest BCUT2D eigenvalue weighted by atomic mass is 10.0. The summed E-state index contributed by atoms with van der Waals surface area (Å²) >= 11 is 9.35. The van der Waals surface area contributed by atoms with Crippen LogP contribution in [0.1, 0.15) is 18.4 Å². The van der Waals surface area contributed by atoms with Gasteiger partial charge >= 0.3 is 0 Å². The van der Waals surface area contributed by atoms with Gasteiger partial charge in [-0.25, -0.2) is 9.97 Å². The molecule has 0 saturated carbocycles. The van der Waals surface area contributed by atoms with Gasteiger partial charge in [0.25, 0.3) is 0 Å². The van der Waals surface area contributed by atoms with Gasteiger partial charge in [0.15, 0.2) is 5.82 Å². The van der Waals surface area contributed by atoms with Gasteiger partial charge in [-0.05, 0) is 53.0 Å². The highest BCUT2D eigenvalue weighted by atomic mass is 79.9. The Labute approximate surface area is 159 Å². The second-order valence-corrected chi connectivity index (χ2v) is 6.65. The Bertz CT molecular complexity index is 850. The first-order chi connectivity index (χ1) is 12.2. The predicted octanol–water partition coefficient (Wildman–Crippen LogP) is 4.38. The molecule has 0 unspecified atom stereocenters. The van der Waals surface area contributed by atoms with Crippen molar-refractivity contribution in [3.63, 3.8) is 0 Å². The molecule has 1 N–H and O–H groups in total. The van der Waals surface area contributed by atoms with Crippen LogP contribution in [0.15, 0.2) is 46.7 Å². The van der Waals surface area contributed by atoms with E-state index in [0.717, 1.165) is 31.5 Å². The third kappa shape index (κ3) is 4.31. The van der Waals surface area contributed by atoms with Crippen molar-refractivity contribution in [2.24, 2.45) is 0 Å². The van der Waals surface area contributed by atoms with Crippen molar-refractivity contribution in [3.05, 3.63) is 62.6 Å². The number of pyridine rings is 2. The summed E-state index contributed by atoms with van der Waals surface area (Å²) in [6, 6.07) is 5.31. The van der Waals surface area contributed by atoms with Crippen molar-refractivity contribution >= 4 is 39.0 Å². The van der Waals surface area contributed by atoms with Crippen molar-refractivity contribution < 1.29 is 0 Å². The summed E-state index contributed by atoms with van der Waals surface area (Å²) in [6.45, 7) is 1.62. The Hall–Kier alpha value is -2.07. The van der Waals surface area contributed by atoms with E-state index in [2.05, 4.69) is 42.6 Å². The summed E-state index contributed by atoms with van der Waals surface area (Å²) < 4.78 is 0.713. The molecule has 0 bridgehead atoms. The van der Waals surface area contributed by atoms with Gasteiger partial charge in [0.1, 0.15) is 5.15 Å². The van der Waals surface area contributed by atoms with E-state index >= 15 is 0 Å². The lowest BCUT2D eigenvalue weighted by Crippen LogP contribution is -2.31. The maximum atomic E-state index is 11.0. The lowest BCUT2D eigenvalue weighted by molar-refractivity contribution is 0.678. The topological polar surface area (TPSA) is 64.1 Å². The van der Waals surface area contributed by atoms with E-state index in [9.17, 15) is 5.21 Å². The first-order valence-corrected chi connectivity index (χ1v) is 8.93. The molecule has 7 heteroatoms. The molecule has 5 nitrogen and oxygen atoms in total. The zero-order valence-corrected chi connectivity index (χ0v) is 15.6. The number of aromatic nitrogens is 2. The van der Waals surface area contributed by atoms with Crippen LogP contribution in [0.25, 0.3) is 0 Å².